The van der Waals surface area contributed by atoms with Crippen molar-refractivity contribution in [3.05, 3.63) is 36.0 Å². The first kappa shape index (κ1) is 8.81. The SMILES string of the molecule is CN(C)/C=C1\C(=O)Oc2ccccc21. The summed E-state index contributed by atoms with van der Waals surface area (Å²) >= 11 is 0. The Morgan fingerprint density at radius 3 is 2.71 bits per heavy atom. The fourth-order valence-corrected chi connectivity index (χ4v) is 1.42. The molecule has 0 atom stereocenters. The Morgan fingerprint density at radius 1 is 1.29 bits per heavy atom. The van der Waals surface area contributed by atoms with E-state index in [1.807, 2.05) is 37.2 Å². The van der Waals surface area contributed by atoms with E-state index in [0.717, 1.165) is 5.56 Å². The number of rotatable bonds is 1. The van der Waals surface area contributed by atoms with Gasteiger partial charge in [-0.2, -0.15) is 0 Å². The minimum atomic E-state index is -0.278. The molecule has 1 aromatic rings. The number of benzene rings is 1. The van der Waals surface area contributed by atoms with E-state index in [1.165, 1.54) is 0 Å². The van der Waals surface area contributed by atoms with Crippen LogP contribution in [0.3, 0.4) is 0 Å². The lowest BCUT2D eigenvalue weighted by Gasteiger charge is -2.04. The average Bonchev–Trinajstić information content (AvgIpc) is 2.43. The molecule has 14 heavy (non-hydrogen) atoms. The van der Waals surface area contributed by atoms with Crippen LogP contribution in [-0.4, -0.2) is 25.0 Å². The van der Waals surface area contributed by atoms with E-state index >= 15 is 0 Å². The van der Waals surface area contributed by atoms with Crippen LogP contribution in [0, 0.1) is 0 Å². The Labute approximate surface area is 82.6 Å². The standard InChI is InChI=1S/C11H11NO2/c1-12(2)7-9-8-5-3-4-6-10(8)14-11(9)13/h3-7H,1-2H3/b9-7-. The van der Waals surface area contributed by atoms with Crippen molar-refractivity contribution in [2.24, 2.45) is 0 Å². The Bertz CT molecular complexity index is 408. The summed E-state index contributed by atoms with van der Waals surface area (Å²) in [5.74, 6) is 0.366. The van der Waals surface area contributed by atoms with Gasteiger partial charge in [0.15, 0.2) is 0 Å². The molecule has 1 aliphatic heterocycles. The van der Waals surface area contributed by atoms with E-state index < -0.39 is 0 Å². The van der Waals surface area contributed by atoms with E-state index in [4.69, 9.17) is 4.74 Å². The molecule has 0 fully saturated rings. The number of carbonyl (C=O) groups is 1. The van der Waals surface area contributed by atoms with Crippen LogP contribution in [-0.2, 0) is 4.79 Å². The van der Waals surface area contributed by atoms with Gasteiger partial charge in [0, 0.05) is 25.9 Å². The summed E-state index contributed by atoms with van der Waals surface area (Å²) in [7, 11) is 3.75. The van der Waals surface area contributed by atoms with Crippen molar-refractivity contribution < 1.29 is 9.53 Å². The molecule has 1 heterocycles. The monoisotopic (exact) mass is 189 g/mol. The first-order chi connectivity index (χ1) is 6.68. The zero-order chi connectivity index (χ0) is 10.1. The summed E-state index contributed by atoms with van der Waals surface area (Å²) in [6.07, 6.45) is 1.77. The van der Waals surface area contributed by atoms with Gasteiger partial charge in [0.1, 0.15) is 5.75 Å². The summed E-state index contributed by atoms with van der Waals surface area (Å²) < 4.78 is 5.09. The molecule has 0 unspecified atom stereocenters. The van der Waals surface area contributed by atoms with E-state index in [1.54, 1.807) is 12.3 Å². The summed E-state index contributed by atoms with van der Waals surface area (Å²) in [5, 5.41) is 0. The number of hydrogen-bond acceptors (Lipinski definition) is 3. The van der Waals surface area contributed by atoms with Crippen LogP contribution in [0.1, 0.15) is 5.56 Å². The smallest absolute Gasteiger partial charge is 0.345 e. The highest BCUT2D eigenvalue weighted by Gasteiger charge is 2.26. The lowest BCUT2D eigenvalue weighted by Crippen LogP contribution is -2.07. The number of esters is 1. The molecule has 3 heteroatoms. The molecule has 1 aromatic carbocycles. The molecule has 0 bridgehead atoms. The lowest BCUT2D eigenvalue weighted by atomic mass is 10.1. The second-order valence-corrected chi connectivity index (χ2v) is 3.39. The van der Waals surface area contributed by atoms with E-state index in [2.05, 4.69) is 0 Å². The molecular weight excluding hydrogens is 178 g/mol. The molecule has 0 aliphatic carbocycles. The molecule has 3 nitrogen and oxygen atoms in total. The number of hydrogen-bond donors (Lipinski definition) is 0. The zero-order valence-corrected chi connectivity index (χ0v) is 8.15. The number of carbonyl (C=O) groups excluding carboxylic acids is 1. The summed E-state index contributed by atoms with van der Waals surface area (Å²) in [6.45, 7) is 0. The number of para-hydroxylation sites is 1. The van der Waals surface area contributed by atoms with Crippen LogP contribution in [0.5, 0.6) is 5.75 Å². The first-order valence-corrected chi connectivity index (χ1v) is 4.38. The summed E-state index contributed by atoms with van der Waals surface area (Å²) in [5.41, 5.74) is 1.48. The minimum Gasteiger partial charge on any atom is -0.422 e. The highest BCUT2D eigenvalue weighted by molar-refractivity contribution is 6.21. The maximum absolute atomic E-state index is 11.4. The van der Waals surface area contributed by atoms with Crippen LogP contribution in [0.15, 0.2) is 30.5 Å². The Kier molecular flexibility index (Phi) is 2.00. The van der Waals surface area contributed by atoms with Crippen molar-refractivity contribution in [2.45, 2.75) is 0 Å². The van der Waals surface area contributed by atoms with Gasteiger partial charge < -0.3 is 9.64 Å². The third-order valence-electron chi connectivity index (χ3n) is 1.99. The second-order valence-electron chi connectivity index (χ2n) is 3.39. The van der Waals surface area contributed by atoms with Crippen molar-refractivity contribution in [1.29, 1.82) is 0 Å². The highest BCUT2D eigenvalue weighted by atomic mass is 16.5. The van der Waals surface area contributed by atoms with Crippen molar-refractivity contribution in [1.82, 2.24) is 4.90 Å². The maximum Gasteiger partial charge on any atom is 0.345 e. The fourth-order valence-electron chi connectivity index (χ4n) is 1.42. The number of nitrogens with zero attached hydrogens (tertiary/aromatic N) is 1. The number of fused-ring (bicyclic) bond motifs is 1. The van der Waals surface area contributed by atoms with Gasteiger partial charge >= 0.3 is 5.97 Å². The quantitative estimate of drug-likeness (QED) is 0.381. The zero-order valence-electron chi connectivity index (χ0n) is 8.15. The molecule has 72 valence electrons. The fraction of sp³-hybridized carbons (Fsp3) is 0.182. The van der Waals surface area contributed by atoms with Gasteiger partial charge in [-0.05, 0) is 6.07 Å². The predicted molar refractivity (Wildman–Crippen MR) is 53.7 cm³/mol. The topological polar surface area (TPSA) is 29.5 Å². The average molecular weight is 189 g/mol. The van der Waals surface area contributed by atoms with Crippen LogP contribution in [0.25, 0.3) is 5.57 Å². The molecule has 0 saturated heterocycles. The molecular formula is C11H11NO2. The van der Waals surface area contributed by atoms with Gasteiger partial charge in [0.2, 0.25) is 0 Å². The third kappa shape index (κ3) is 1.37. The Hall–Kier alpha value is -1.77. The molecule has 2 rings (SSSR count). The second kappa shape index (κ2) is 3.18. The number of ether oxygens (including phenoxy) is 1. The van der Waals surface area contributed by atoms with Crippen LogP contribution < -0.4 is 4.74 Å². The molecule has 0 radical (unpaired) electrons. The van der Waals surface area contributed by atoms with Crippen LogP contribution in [0.2, 0.25) is 0 Å². The van der Waals surface area contributed by atoms with E-state index in [9.17, 15) is 4.79 Å². The molecule has 0 saturated carbocycles. The van der Waals surface area contributed by atoms with Gasteiger partial charge in [-0.25, -0.2) is 4.79 Å². The third-order valence-corrected chi connectivity index (χ3v) is 1.99. The van der Waals surface area contributed by atoms with Gasteiger partial charge in [0.25, 0.3) is 0 Å². The van der Waals surface area contributed by atoms with Crippen LogP contribution in [0.4, 0.5) is 0 Å². The van der Waals surface area contributed by atoms with Crippen molar-refractivity contribution in [3.8, 4) is 5.75 Å². The van der Waals surface area contributed by atoms with E-state index in [-0.39, 0.29) is 5.97 Å². The van der Waals surface area contributed by atoms with Crippen LogP contribution >= 0.6 is 0 Å². The molecule has 1 aliphatic rings. The van der Waals surface area contributed by atoms with Gasteiger partial charge in [-0.1, -0.05) is 18.2 Å². The van der Waals surface area contributed by atoms with Crippen molar-refractivity contribution >= 4 is 11.5 Å². The van der Waals surface area contributed by atoms with Gasteiger partial charge in [0.05, 0.1) is 5.57 Å². The predicted octanol–water partition coefficient (Wildman–Crippen LogP) is 1.51. The van der Waals surface area contributed by atoms with Gasteiger partial charge in [-0.15, -0.1) is 0 Å². The molecule has 0 N–H and O–H groups in total. The normalized spacial score (nSPS) is 16.7. The van der Waals surface area contributed by atoms with Crippen molar-refractivity contribution in [3.63, 3.8) is 0 Å². The molecule has 0 spiro atoms. The summed E-state index contributed by atoms with van der Waals surface area (Å²) in [4.78, 5) is 13.3. The largest absolute Gasteiger partial charge is 0.422 e. The highest BCUT2D eigenvalue weighted by Crippen LogP contribution is 2.33. The molecule has 0 aromatic heterocycles. The minimum absolute atomic E-state index is 0.278. The Morgan fingerprint density at radius 2 is 2.00 bits per heavy atom. The Balaban J connectivity index is 2.50. The summed E-state index contributed by atoms with van der Waals surface area (Å²) in [6, 6.07) is 7.42. The lowest BCUT2D eigenvalue weighted by molar-refractivity contribution is -0.127. The van der Waals surface area contributed by atoms with Crippen molar-refractivity contribution in [2.75, 3.05) is 14.1 Å². The van der Waals surface area contributed by atoms with E-state index in [0.29, 0.717) is 11.3 Å². The maximum atomic E-state index is 11.4. The van der Waals surface area contributed by atoms with Gasteiger partial charge in [-0.3, -0.25) is 0 Å². The molecule has 0 amide bonds. The first-order valence-electron chi connectivity index (χ1n) is 4.38.